The Bertz CT molecular complexity index is 343. The maximum absolute atomic E-state index is 10.4. The van der Waals surface area contributed by atoms with Gasteiger partial charge in [0.1, 0.15) is 0 Å². The third kappa shape index (κ3) is 3.12. The van der Waals surface area contributed by atoms with Gasteiger partial charge in [-0.1, -0.05) is 56.5 Å². The summed E-state index contributed by atoms with van der Waals surface area (Å²) in [6.45, 7) is 1.96. The van der Waals surface area contributed by atoms with Crippen molar-refractivity contribution in [2.24, 2.45) is 11.8 Å². The highest BCUT2D eigenvalue weighted by atomic mass is 16.3. The molecule has 0 saturated heterocycles. The lowest BCUT2D eigenvalue weighted by Gasteiger charge is -2.33. The quantitative estimate of drug-likeness (QED) is 0.858. The topological polar surface area (TPSA) is 40.5 Å². The van der Waals surface area contributed by atoms with Crippen LogP contribution < -0.4 is 0 Å². The van der Waals surface area contributed by atoms with E-state index in [0.29, 0.717) is 5.92 Å². The van der Waals surface area contributed by atoms with Gasteiger partial charge in [0.2, 0.25) is 0 Å². The minimum atomic E-state index is -0.567. The molecule has 1 aliphatic rings. The largest absolute Gasteiger partial charge is 0.392 e. The summed E-state index contributed by atoms with van der Waals surface area (Å²) in [7, 11) is 0. The van der Waals surface area contributed by atoms with Gasteiger partial charge in [0.15, 0.2) is 0 Å². The fourth-order valence-electron chi connectivity index (χ4n) is 3.05. The molecule has 0 heterocycles. The molecule has 1 aromatic rings. The molecule has 0 aliphatic heterocycles. The summed E-state index contributed by atoms with van der Waals surface area (Å²) >= 11 is 0. The normalized spacial score (nSPS) is 22.4. The molecule has 0 amide bonds. The summed E-state index contributed by atoms with van der Waals surface area (Å²) in [5.74, 6) is 0.266. The molecule has 0 radical (unpaired) electrons. The van der Waals surface area contributed by atoms with Gasteiger partial charge >= 0.3 is 0 Å². The van der Waals surface area contributed by atoms with E-state index in [4.69, 9.17) is 0 Å². The molecular formula is C16H24O2. The summed E-state index contributed by atoms with van der Waals surface area (Å²) in [4.78, 5) is 0. The lowest BCUT2D eigenvalue weighted by Crippen LogP contribution is -2.32. The fraction of sp³-hybridized carbons (Fsp3) is 0.625. The summed E-state index contributed by atoms with van der Waals surface area (Å²) in [6.07, 6.45) is 4.98. The number of aliphatic hydroxyl groups excluding tert-OH is 2. The minimum absolute atomic E-state index is 0.101. The first-order valence-electron chi connectivity index (χ1n) is 7.11. The Morgan fingerprint density at radius 2 is 1.61 bits per heavy atom. The summed E-state index contributed by atoms with van der Waals surface area (Å²) in [5, 5.41) is 20.7. The Morgan fingerprint density at radius 3 is 2.22 bits per heavy atom. The van der Waals surface area contributed by atoms with Gasteiger partial charge in [0, 0.05) is 5.92 Å². The van der Waals surface area contributed by atoms with Gasteiger partial charge in [0.05, 0.1) is 12.2 Å². The third-order valence-corrected chi connectivity index (χ3v) is 4.31. The molecule has 100 valence electrons. The first-order chi connectivity index (χ1) is 8.70. The summed E-state index contributed by atoms with van der Waals surface area (Å²) in [6, 6.07) is 9.65. The van der Waals surface area contributed by atoms with E-state index >= 15 is 0 Å². The van der Waals surface area contributed by atoms with Crippen molar-refractivity contribution in [1.29, 1.82) is 0 Å². The van der Waals surface area contributed by atoms with Crippen LogP contribution in [-0.4, -0.2) is 16.3 Å². The molecule has 2 rings (SSSR count). The summed E-state index contributed by atoms with van der Waals surface area (Å²) < 4.78 is 0. The van der Waals surface area contributed by atoms with Crippen molar-refractivity contribution in [3.8, 4) is 0 Å². The lowest BCUT2D eigenvalue weighted by atomic mass is 9.78. The standard InChI is InChI=1S/C16H24O2/c1-12(15(17)13-8-4-2-5-9-13)16(18)14-10-6-3-7-11-14/h2,4-5,8-9,12,14-18H,3,6-7,10-11H2,1H3/t12-,15-,16-/m1/s1. The predicted octanol–water partition coefficient (Wildman–Crippen LogP) is 3.30. The van der Waals surface area contributed by atoms with E-state index in [1.54, 1.807) is 0 Å². The minimum Gasteiger partial charge on any atom is -0.392 e. The highest BCUT2D eigenvalue weighted by molar-refractivity contribution is 5.18. The SMILES string of the molecule is C[C@H]([C@@H](O)c1ccccc1)[C@@H](O)C1CCCCC1. The van der Waals surface area contributed by atoms with Crippen LogP contribution in [0.2, 0.25) is 0 Å². The van der Waals surface area contributed by atoms with E-state index in [9.17, 15) is 10.2 Å². The van der Waals surface area contributed by atoms with Crippen LogP contribution in [0.1, 0.15) is 50.7 Å². The van der Waals surface area contributed by atoms with Crippen LogP contribution in [0.3, 0.4) is 0 Å². The Kier molecular flexibility index (Phi) is 4.79. The van der Waals surface area contributed by atoms with Crippen molar-refractivity contribution in [3.63, 3.8) is 0 Å². The number of rotatable bonds is 4. The van der Waals surface area contributed by atoms with Gasteiger partial charge in [-0.2, -0.15) is 0 Å². The molecule has 0 spiro atoms. The Balaban J connectivity index is 1.99. The van der Waals surface area contributed by atoms with E-state index in [-0.39, 0.29) is 12.0 Å². The second-order valence-corrected chi connectivity index (χ2v) is 5.60. The molecule has 1 aliphatic carbocycles. The molecule has 2 N–H and O–H groups in total. The Morgan fingerprint density at radius 1 is 1.00 bits per heavy atom. The van der Waals surface area contributed by atoms with Crippen molar-refractivity contribution in [2.45, 2.75) is 51.2 Å². The molecule has 0 bridgehead atoms. The molecular weight excluding hydrogens is 224 g/mol. The average Bonchev–Trinajstić information content (AvgIpc) is 2.47. The second kappa shape index (κ2) is 6.35. The fourth-order valence-corrected chi connectivity index (χ4v) is 3.05. The predicted molar refractivity (Wildman–Crippen MR) is 73.1 cm³/mol. The highest BCUT2D eigenvalue weighted by Crippen LogP contribution is 2.34. The molecule has 18 heavy (non-hydrogen) atoms. The molecule has 0 aromatic heterocycles. The van der Waals surface area contributed by atoms with Crippen LogP contribution in [0.4, 0.5) is 0 Å². The zero-order chi connectivity index (χ0) is 13.0. The Labute approximate surface area is 110 Å². The smallest absolute Gasteiger partial charge is 0.0840 e. The van der Waals surface area contributed by atoms with Crippen LogP contribution >= 0.6 is 0 Å². The number of hydrogen-bond acceptors (Lipinski definition) is 2. The maximum Gasteiger partial charge on any atom is 0.0840 e. The summed E-state index contributed by atoms with van der Waals surface area (Å²) in [5.41, 5.74) is 0.903. The highest BCUT2D eigenvalue weighted by Gasteiger charge is 2.30. The van der Waals surface area contributed by atoms with Gasteiger partial charge in [0.25, 0.3) is 0 Å². The van der Waals surface area contributed by atoms with Crippen LogP contribution in [0.5, 0.6) is 0 Å². The van der Waals surface area contributed by atoms with Gasteiger partial charge in [-0.05, 0) is 24.3 Å². The van der Waals surface area contributed by atoms with E-state index in [0.717, 1.165) is 18.4 Å². The van der Waals surface area contributed by atoms with Crippen molar-refractivity contribution >= 4 is 0 Å². The first-order valence-corrected chi connectivity index (χ1v) is 7.11. The van der Waals surface area contributed by atoms with Gasteiger partial charge < -0.3 is 10.2 Å². The number of benzene rings is 1. The van der Waals surface area contributed by atoms with Crippen molar-refractivity contribution in [1.82, 2.24) is 0 Å². The first kappa shape index (κ1) is 13.6. The lowest BCUT2D eigenvalue weighted by molar-refractivity contribution is -0.0207. The molecule has 2 nitrogen and oxygen atoms in total. The molecule has 1 fully saturated rings. The van der Waals surface area contributed by atoms with E-state index in [1.165, 1.54) is 19.3 Å². The van der Waals surface area contributed by atoms with Gasteiger partial charge in [-0.15, -0.1) is 0 Å². The monoisotopic (exact) mass is 248 g/mol. The van der Waals surface area contributed by atoms with E-state index < -0.39 is 6.10 Å². The number of hydrogen-bond donors (Lipinski definition) is 2. The molecule has 2 heteroatoms. The van der Waals surface area contributed by atoms with Crippen LogP contribution in [0.15, 0.2) is 30.3 Å². The Hall–Kier alpha value is -0.860. The number of aliphatic hydroxyl groups is 2. The van der Waals surface area contributed by atoms with Crippen molar-refractivity contribution < 1.29 is 10.2 Å². The van der Waals surface area contributed by atoms with Gasteiger partial charge in [-0.25, -0.2) is 0 Å². The molecule has 1 aromatic carbocycles. The second-order valence-electron chi connectivity index (χ2n) is 5.60. The zero-order valence-electron chi connectivity index (χ0n) is 11.1. The molecule has 0 unspecified atom stereocenters. The van der Waals surface area contributed by atoms with Crippen molar-refractivity contribution in [3.05, 3.63) is 35.9 Å². The van der Waals surface area contributed by atoms with Crippen molar-refractivity contribution in [2.75, 3.05) is 0 Å². The molecule has 1 saturated carbocycles. The van der Waals surface area contributed by atoms with Gasteiger partial charge in [-0.3, -0.25) is 0 Å². The molecule has 3 atom stereocenters. The van der Waals surface area contributed by atoms with Crippen LogP contribution in [0, 0.1) is 11.8 Å². The van der Waals surface area contributed by atoms with Crippen LogP contribution in [-0.2, 0) is 0 Å². The zero-order valence-corrected chi connectivity index (χ0v) is 11.1. The van der Waals surface area contributed by atoms with E-state index in [1.807, 2.05) is 37.3 Å². The van der Waals surface area contributed by atoms with E-state index in [2.05, 4.69) is 0 Å². The third-order valence-electron chi connectivity index (χ3n) is 4.31. The average molecular weight is 248 g/mol. The van der Waals surface area contributed by atoms with Crippen LogP contribution in [0.25, 0.3) is 0 Å². The maximum atomic E-state index is 10.4.